The van der Waals surface area contributed by atoms with Gasteiger partial charge in [0.1, 0.15) is 5.60 Å². The largest absolute Gasteiger partial charge is 0.459 e. The van der Waals surface area contributed by atoms with E-state index in [1.807, 2.05) is 46.4 Å². The Balaban J connectivity index is 4.50. The van der Waals surface area contributed by atoms with Crippen LogP contribution in [0.15, 0.2) is 0 Å². The van der Waals surface area contributed by atoms with E-state index in [9.17, 15) is 9.90 Å². The molecule has 0 aliphatic carbocycles. The number of ether oxygens (including phenoxy) is 2. The molecule has 24 heavy (non-hydrogen) atoms. The third-order valence-electron chi connectivity index (χ3n) is 3.11. The molecule has 0 heterocycles. The number of hydrogen-bond donors (Lipinski definition) is 2. The summed E-state index contributed by atoms with van der Waals surface area (Å²) in [5.74, 6) is -0.285. The molecular weight excluding hydrogens is 308 g/mol. The van der Waals surface area contributed by atoms with Gasteiger partial charge in [0.25, 0.3) is 0 Å². The molecule has 0 saturated heterocycles. The summed E-state index contributed by atoms with van der Waals surface area (Å²) in [6, 6.07) is 0. The average Bonchev–Trinajstić information content (AvgIpc) is 2.33. The maximum atomic E-state index is 12.1. The molecule has 6 heteroatoms. The van der Waals surface area contributed by atoms with E-state index >= 15 is 0 Å². The minimum Gasteiger partial charge on any atom is -0.459 e. The molecule has 0 fully saturated rings. The van der Waals surface area contributed by atoms with Crippen LogP contribution in [0.2, 0.25) is 0 Å². The lowest BCUT2D eigenvalue weighted by Gasteiger charge is -2.29. The van der Waals surface area contributed by atoms with Crippen LogP contribution in [0.1, 0.15) is 67.2 Å². The highest BCUT2D eigenvalue weighted by molar-refractivity contribution is 5.72. The summed E-state index contributed by atoms with van der Waals surface area (Å²) in [4.78, 5) is 14.0. The van der Waals surface area contributed by atoms with Crippen molar-refractivity contribution < 1.29 is 19.4 Å². The number of nitrogens with zero attached hydrogens (tertiary/aromatic N) is 1. The Bertz CT molecular complexity index is 348. The van der Waals surface area contributed by atoms with Gasteiger partial charge in [-0.1, -0.05) is 12.8 Å². The van der Waals surface area contributed by atoms with Crippen molar-refractivity contribution in [3.8, 4) is 0 Å². The molecule has 0 aliphatic heterocycles. The second-order valence-electron chi connectivity index (χ2n) is 8.21. The van der Waals surface area contributed by atoms with E-state index in [1.54, 1.807) is 0 Å². The van der Waals surface area contributed by atoms with Crippen LogP contribution >= 0.6 is 0 Å². The number of aliphatic hydroxyl groups excluding tert-OH is 1. The van der Waals surface area contributed by atoms with Crippen molar-refractivity contribution in [3.05, 3.63) is 0 Å². The van der Waals surface area contributed by atoms with Gasteiger partial charge in [0.15, 0.2) is 6.29 Å². The van der Waals surface area contributed by atoms with E-state index in [-0.39, 0.29) is 19.1 Å². The summed E-state index contributed by atoms with van der Waals surface area (Å²) in [6.45, 7) is 13.1. The summed E-state index contributed by atoms with van der Waals surface area (Å²) in [6.07, 6.45) is 3.17. The molecule has 0 saturated carbocycles. The van der Waals surface area contributed by atoms with Crippen molar-refractivity contribution in [2.24, 2.45) is 5.73 Å². The maximum Gasteiger partial charge on any atom is 0.320 e. The van der Waals surface area contributed by atoms with Crippen LogP contribution in [0.4, 0.5) is 0 Å². The van der Waals surface area contributed by atoms with Gasteiger partial charge in [-0.15, -0.1) is 0 Å². The summed E-state index contributed by atoms with van der Waals surface area (Å²) >= 11 is 0. The van der Waals surface area contributed by atoms with Crippen LogP contribution in [0.5, 0.6) is 0 Å². The molecule has 144 valence electrons. The zero-order valence-electron chi connectivity index (χ0n) is 16.4. The molecule has 0 rings (SSSR count). The zero-order valence-corrected chi connectivity index (χ0v) is 16.4. The Morgan fingerprint density at radius 2 is 1.62 bits per heavy atom. The fourth-order valence-electron chi connectivity index (χ4n) is 2.29. The van der Waals surface area contributed by atoms with Crippen LogP contribution in [-0.2, 0) is 14.3 Å². The number of carbonyl (C=O) groups excluding carboxylic acids is 1. The van der Waals surface area contributed by atoms with E-state index in [4.69, 9.17) is 15.2 Å². The van der Waals surface area contributed by atoms with Crippen molar-refractivity contribution >= 4 is 5.97 Å². The summed E-state index contributed by atoms with van der Waals surface area (Å²) in [7, 11) is 0. The third-order valence-corrected chi connectivity index (χ3v) is 3.11. The van der Waals surface area contributed by atoms with E-state index < -0.39 is 17.5 Å². The van der Waals surface area contributed by atoms with E-state index in [1.165, 1.54) is 0 Å². The number of aliphatic hydroxyl groups is 1. The Labute approximate surface area is 147 Å². The highest BCUT2D eigenvalue weighted by atomic mass is 16.6. The number of nitrogens with two attached hydrogens (primary N) is 1. The molecular formula is C18H38N2O4. The molecule has 0 spiro atoms. The fraction of sp³-hybridized carbons (Fsp3) is 0.944. The maximum absolute atomic E-state index is 12.1. The van der Waals surface area contributed by atoms with Crippen LogP contribution in [0.25, 0.3) is 0 Å². The normalized spacial score (nSPS) is 14.0. The predicted molar refractivity (Wildman–Crippen MR) is 96.7 cm³/mol. The zero-order chi connectivity index (χ0) is 18.8. The topological polar surface area (TPSA) is 85.0 Å². The van der Waals surface area contributed by atoms with Gasteiger partial charge < -0.3 is 20.3 Å². The SMILES string of the molecule is CC(C)(C)OC(=O)CN(CCCCCCN)CC(O)OC(C)(C)C. The summed E-state index contributed by atoms with van der Waals surface area (Å²) in [5.41, 5.74) is 4.56. The molecule has 0 aromatic carbocycles. The van der Waals surface area contributed by atoms with Crippen LogP contribution < -0.4 is 5.73 Å². The molecule has 3 N–H and O–H groups in total. The highest BCUT2D eigenvalue weighted by Crippen LogP contribution is 2.12. The number of esters is 1. The van der Waals surface area contributed by atoms with Gasteiger partial charge in [0.2, 0.25) is 0 Å². The molecule has 6 nitrogen and oxygen atoms in total. The van der Waals surface area contributed by atoms with Gasteiger partial charge in [-0.2, -0.15) is 0 Å². The number of rotatable bonds is 11. The van der Waals surface area contributed by atoms with Crippen LogP contribution in [0, 0.1) is 0 Å². The van der Waals surface area contributed by atoms with Crippen molar-refractivity contribution in [3.63, 3.8) is 0 Å². The summed E-state index contributed by atoms with van der Waals surface area (Å²) in [5, 5.41) is 10.1. The number of unbranched alkanes of at least 4 members (excludes halogenated alkanes) is 3. The Kier molecular flexibility index (Phi) is 10.7. The molecule has 0 radical (unpaired) electrons. The standard InChI is InChI=1S/C18H38N2O4/c1-17(2,3)23-15(21)13-20(12-10-8-7-9-11-19)14-16(22)24-18(4,5)6/h15,21H,7-14,19H2,1-6H3. The molecule has 0 amide bonds. The quantitative estimate of drug-likeness (QED) is 0.339. The first-order valence-corrected chi connectivity index (χ1v) is 8.93. The summed E-state index contributed by atoms with van der Waals surface area (Å²) < 4.78 is 10.9. The average molecular weight is 347 g/mol. The van der Waals surface area contributed by atoms with Crippen molar-refractivity contribution in [2.45, 2.75) is 84.7 Å². The lowest BCUT2D eigenvalue weighted by atomic mass is 10.2. The van der Waals surface area contributed by atoms with E-state index in [0.29, 0.717) is 13.1 Å². The van der Waals surface area contributed by atoms with Gasteiger partial charge in [-0.3, -0.25) is 9.69 Å². The molecule has 0 bridgehead atoms. The second kappa shape index (κ2) is 11.0. The minimum absolute atomic E-state index is 0.152. The minimum atomic E-state index is -0.934. The van der Waals surface area contributed by atoms with E-state index in [0.717, 1.165) is 25.7 Å². The van der Waals surface area contributed by atoms with Crippen LogP contribution in [0.3, 0.4) is 0 Å². The van der Waals surface area contributed by atoms with Gasteiger partial charge in [-0.25, -0.2) is 0 Å². The number of hydrogen-bond acceptors (Lipinski definition) is 6. The molecule has 0 aliphatic rings. The van der Waals surface area contributed by atoms with Crippen molar-refractivity contribution in [1.82, 2.24) is 4.90 Å². The molecule has 1 unspecified atom stereocenters. The van der Waals surface area contributed by atoms with Crippen molar-refractivity contribution in [2.75, 3.05) is 26.2 Å². The predicted octanol–water partition coefficient (Wildman–Crippen LogP) is 2.28. The first kappa shape index (κ1) is 23.3. The van der Waals surface area contributed by atoms with E-state index in [2.05, 4.69) is 0 Å². The molecule has 0 aromatic heterocycles. The Hall–Kier alpha value is -0.690. The van der Waals surface area contributed by atoms with Gasteiger partial charge in [0.05, 0.1) is 12.1 Å². The Morgan fingerprint density at radius 1 is 1.04 bits per heavy atom. The first-order valence-electron chi connectivity index (χ1n) is 8.93. The van der Waals surface area contributed by atoms with Gasteiger partial charge >= 0.3 is 5.97 Å². The molecule has 1 atom stereocenters. The number of carbonyl (C=O) groups is 1. The lowest BCUT2D eigenvalue weighted by Crippen LogP contribution is -2.42. The Morgan fingerprint density at radius 3 is 2.12 bits per heavy atom. The smallest absolute Gasteiger partial charge is 0.320 e. The second-order valence-corrected chi connectivity index (χ2v) is 8.21. The monoisotopic (exact) mass is 346 g/mol. The van der Waals surface area contributed by atoms with Crippen molar-refractivity contribution in [1.29, 1.82) is 0 Å². The fourth-order valence-corrected chi connectivity index (χ4v) is 2.29. The van der Waals surface area contributed by atoms with Gasteiger partial charge in [-0.05, 0) is 67.5 Å². The first-order chi connectivity index (χ1) is 10.9. The lowest BCUT2D eigenvalue weighted by molar-refractivity contribution is -0.177. The molecule has 0 aromatic rings. The van der Waals surface area contributed by atoms with Gasteiger partial charge in [0, 0.05) is 6.54 Å². The van der Waals surface area contributed by atoms with Crippen LogP contribution in [-0.4, -0.2) is 59.6 Å². The highest BCUT2D eigenvalue weighted by Gasteiger charge is 2.23. The third kappa shape index (κ3) is 14.9.